The number of anilines is 2. The second kappa shape index (κ2) is 7.67. The fourth-order valence-corrected chi connectivity index (χ4v) is 3.33. The first-order valence-corrected chi connectivity index (χ1v) is 9.27. The van der Waals surface area contributed by atoms with Gasteiger partial charge in [-0.2, -0.15) is 0 Å². The highest BCUT2D eigenvalue weighted by Gasteiger charge is 2.19. The van der Waals surface area contributed by atoms with Crippen molar-refractivity contribution in [1.29, 1.82) is 0 Å². The zero-order valence-electron chi connectivity index (χ0n) is 15.1. The van der Waals surface area contributed by atoms with E-state index in [4.69, 9.17) is 9.97 Å². The van der Waals surface area contributed by atoms with Gasteiger partial charge in [-0.1, -0.05) is 48.0 Å². The molecule has 4 nitrogen and oxygen atoms in total. The molecule has 0 aliphatic carbocycles. The largest absolute Gasteiger partial charge is 0.340 e. The average Bonchev–Trinajstić information content (AvgIpc) is 2.71. The number of nitrogens with one attached hydrogen (secondary N) is 2. The molecule has 2 heterocycles. The van der Waals surface area contributed by atoms with Crippen molar-refractivity contribution in [3.05, 3.63) is 72.1 Å². The van der Waals surface area contributed by atoms with Gasteiger partial charge in [0.1, 0.15) is 11.6 Å². The van der Waals surface area contributed by atoms with E-state index in [-0.39, 0.29) is 0 Å². The first-order chi connectivity index (χ1) is 12.8. The maximum Gasteiger partial charge on any atom is 0.134 e. The van der Waals surface area contributed by atoms with E-state index in [1.165, 1.54) is 5.56 Å². The average molecular weight is 344 g/mol. The molecule has 3 aromatic rings. The maximum absolute atomic E-state index is 4.90. The van der Waals surface area contributed by atoms with E-state index >= 15 is 0 Å². The molecule has 0 saturated carbocycles. The summed E-state index contributed by atoms with van der Waals surface area (Å²) in [5, 5.41) is 6.87. The zero-order valence-corrected chi connectivity index (χ0v) is 15.1. The van der Waals surface area contributed by atoms with E-state index in [2.05, 4.69) is 66.1 Å². The number of nitrogens with zero attached hydrogens (tertiary/aromatic N) is 2. The van der Waals surface area contributed by atoms with E-state index in [0.717, 1.165) is 54.5 Å². The molecule has 1 aliphatic heterocycles. The van der Waals surface area contributed by atoms with Crippen molar-refractivity contribution in [2.75, 3.05) is 18.4 Å². The topological polar surface area (TPSA) is 49.8 Å². The molecule has 0 amide bonds. The highest BCUT2D eigenvalue weighted by Crippen LogP contribution is 2.28. The van der Waals surface area contributed by atoms with E-state index in [1.54, 1.807) is 0 Å². The Hall–Kier alpha value is -2.72. The summed E-state index contributed by atoms with van der Waals surface area (Å²) in [6.07, 6.45) is 2.17. The summed E-state index contributed by atoms with van der Waals surface area (Å²) in [7, 11) is 0. The van der Waals surface area contributed by atoms with Crippen molar-refractivity contribution in [2.45, 2.75) is 25.7 Å². The summed E-state index contributed by atoms with van der Waals surface area (Å²) < 4.78 is 0. The SMILES string of the molecule is Cc1ccc(Nc2cc(-c3ccccc3)nc(C3CCNCC3)n2)cc1. The molecule has 4 rings (SSSR count). The Morgan fingerprint density at radius 3 is 2.38 bits per heavy atom. The van der Waals surface area contributed by atoms with Crippen molar-refractivity contribution in [2.24, 2.45) is 0 Å². The Labute approximate surface area is 154 Å². The fourth-order valence-electron chi connectivity index (χ4n) is 3.33. The van der Waals surface area contributed by atoms with Crippen molar-refractivity contribution >= 4 is 11.5 Å². The number of aromatic nitrogens is 2. The van der Waals surface area contributed by atoms with Crippen LogP contribution in [0, 0.1) is 6.92 Å². The minimum atomic E-state index is 0.415. The van der Waals surface area contributed by atoms with Crippen LogP contribution in [0.2, 0.25) is 0 Å². The van der Waals surface area contributed by atoms with Crippen LogP contribution < -0.4 is 10.6 Å². The number of hydrogen-bond acceptors (Lipinski definition) is 4. The molecule has 0 spiro atoms. The van der Waals surface area contributed by atoms with E-state index in [9.17, 15) is 0 Å². The van der Waals surface area contributed by atoms with Crippen LogP contribution in [0.25, 0.3) is 11.3 Å². The highest BCUT2D eigenvalue weighted by molar-refractivity contribution is 5.65. The van der Waals surface area contributed by atoms with Gasteiger partial charge < -0.3 is 10.6 Å². The van der Waals surface area contributed by atoms with Gasteiger partial charge in [0.15, 0.2) is 0 Å². The third-order valence-electron chi connectivity index (χ3n) is 4.84. The third kappa shape index (κ3) is 3.92. The van der Waals surface area contributed by atoms with Crippen LogP contribution in [-0.4, -0.2) is 23.1 Å². The molecule has 0 radical (unpaired) electrons. The monoisotopic (exact) mass is 344 g/mol. The first-order valence-electron chi connectivity index (χ1n) is 9.27. The predicted molar refractivity (Wildman–Crippen MR) is 107 cm³/mol. The van der Waals surface area contributed by atoms with Gasteiger partial charge in [-0.3, -0.25) is 0 Å². The van der Waals surface area contributed by atoms with Gasteiger partial charge in [0, 0.05) is 23.2 Å². The Bertz CT molecular complexity index is 853. The van der Waals surface area contributed by atoms with Gasteiger partial charge in [-0.15, -0.1) is 0 Å². The van der Waals surface area contributed by atoms with Crippen molar-refractivity contribution in [3.8, 4) is 11.3 Å². The molecule has 132 valence electrons. The quantitative estimate of drug-likeness (QED) is 0.722. The first kappa shape index (κ1) is 16.7. The number of piperidine rings is 1. The number of rotatable bonds is 4. The molecular weight excluding hydrogens is 320 g/mol. The summed E-state index contributed by atoms with van der Waals surface area (Å²) in [6, 6.07) is 20.8. The third-order valence-corrected chi connectivity index (χ3v) is 4.84. The second-order valence-electron chi connectivity index (χ2n) is 6.88. The molecule has 0 unspecified atom stereocenters. The summed E-state index contributed by atoms with van der Waals surface area (Å²) in [5.41, 5.74) is 4.39. The minimum Gasteiger partial charge on any atom is -0.340 e. The molecule has 0 atom stereocenters. The number of aryl methyl sites for hydroxylation is 1. The van der Waals surface area contributed by atoms with E-state index in [0.29, 0.717) is 5.92 Å². The Kier molecular flexibility index (Phi) is 4.93. The molecule has 1 saturated heterocycles. The molecule has 2 aromatic carbocycles. The molecule has 1 fully saturated rings. The van der Waals surface area contributed by atoms with Crippen LogP contribution in [0.15, 0.2) is 60.7 Å². The van der Waals surface area contributed by atoms with E-state index < -0.39 is 0 Å². The molecule has 1 aliphatic rings. The number of hydrogen-bond donors (Lipinski definition) is 2. The molecule has 2 N–H and O–H groups in total. The molecule has 0 bridgehead atoms. The van der Waals surface area contributed by atoms with Gasteiger partial charge in [0.2, 0.25) is 0 Å². The molecular formula is C22H24N4. The van der Waals surface area contributed by atoms with Crippen LogP contribution in [0.1, 0.15) is 30.1 Å². The van der Waals surface area contributed by atoms with Crippen LogP contribution in [0.3, 0.4) is 0 Å². The Balaban J connectivity index is 1.70. The Morgan fingerprint density at radius 2 is 1.65 bits per heavy atom. The highest BCUT2D eigenvalue weighted by atomic mass is 15.0. The molecule has 1 aromatic heterocycles. The molecule has 26 heavy (non-hydrogen) atoms. The van der Waals surface area contributed by atoms with Gasteiger partial charge in [-0.05, 0) is 45.0 Å². The smallest absolute Gasteiger partial charge is 0.134 e. The number of benzene rings is 2. The fraction of sp³-hybridized carbons (Fsp3) is 0.273. The van der Waals surface area contributed by atoms with Gasteiger partial charge >= 0.3 is 0 Å². The summed E-state index contributed by atoms with van der Waals surface area (Å²) >= 11 is 0. The lowest BCUT2D eigenvalue weighted by Crippen LogP contribution is -2.27. The lowest BCUT2D eigenvalue weighted by Gasteiger charge is -2.22. The lowest BCUT2D eigenvalue weighted by molar-refractivity contribution is 0.445. The summed E-state index contributed by atoms with van der Waals surface area (Å²) in [4.78, 5) is 9.75. The van der Waals surface area contributed by atoms with Crippen molar-refractivity contribution in [3.63, 3.8) is 0 Å². The second-order valence-corrected chi connectivity index (χ2v) is 6.88. The normalized spacial score (nSPS) is 15.0. The Morgan fingerprint density at radius 1 is 0.923 bits per heavy atom. The van der Waals surface area contributed by atoms with E-state index in [1.807, 2.05) is 12.1 Å². The lowest BCUT2D eigenvalue weighted by atomic mass is 9.97. The van der Waals surface area contributed by atoms with Crippen LogP contribution in [-0.2, 0) is 0 Å². The summed E-state index contributed by atoms with van der Waals surface area (Å²) in [6.45, 7) is 4.16. The van der Waals surface area contributed by atoms with Gasteiger partial charge in [-0.25, -0.2) is 9.97 Å². The minimum absolute atomic E-state index is 0.415. The maximum atomic E-state index is 4.90. The van der Waals surface area contributed by atoms with Crippen LogP contribution in [0.4, 0.5) is 11.5 Å². The predicted octanol–water partition coefficient (Wildman–Crippen LogP) is 4.66. The molecule has 4 heteroatoms. The van der Waals surface area contributed by atoms with Gasteiger partial charge in [0.25, 0.3) is 0 Å². The summed E-state index contributed by atoms with van der Waals surface area (Å²) in [5.74, 6) is 2.22. The zero-order chi connectivity index (χ0) is 17.8. The van der Waals surface area contributed by atoms with Crippen molar-refractivity contribution < 1.29 is 0 Å². The van der Waals surface area contributed by atoms with Crippen LogP contribution >= 0.6 is 0 Å². The van der Waals surface area contributed by atoms with Gasteiger partial charge in [0.05, 0.1) is 5.69 Å². The van der Waals surface area contributed by atoms with Crippen LogP contribution in [0.5, 0.6) is 0 Å². The van der Waals surface area contributed by atoms with Crippen molar-refractivity contribution in [1.82, 2.24) is 15.3 Å². The standard InChI is InChI=1S/C22H24N4/c1-16-7-9-19(10-8-16)24-21-15-20(17-5-3-2-4-6-17)25-22(26-21)18-11-13-23-14-12-18/h2-10,15,18,23H,11-14H2,1H3,(H,24,25,26).